The van der Waals surface area contributed by atoms with Crippen molar-refractivity contribution in [3.05, 3.63) is 71.6 Å². The molecule has 0 N–H and O–H groups in total. The van der Waals surface area contributed by atoms with Gasteiger partial charge in [0.25, 0.3) is 0 Å². The Balaban J connectivity index is 1.44. The second-order valence-electron chi connectivity index (χ2n) is 8.34. The summed E-state index contributed by atoms with van der Waals surface area (Å²) < 4.78 is 0. The lowest BCUT2D eigenvalue weighted by molar-refractivity contribution is 0.675. The molecule has 2 unspecified atom stereocenters. The molecule has 2 fully saturated rings. The molecule has 0 aromatic carbocycles. The third-order valence-corrected chi connectivity index (χ3v) is 6.23. The van der Waals surface area contributed by atoms with Crippen molar-refractivity contribution in [3.8, 4) is 0 Å². The Kier molecular flexibility index (Phi) is 5.07. The molecular weight excluding hydrogens is 372 g/mol. The van der Waals surface area contributed by atoms with Gasteiger partial charge in [0.05, 0.1) is 23.5 Å². The van der Waals surface area contributed by atoms with Crippen molar-refractivity contribution in [2.45, 2.75) is 51.6 Å². The first-order valence-electron chi connectivity index (χ1n) is 10.9. The predicted octanol–water partition coefficient (Wildman–Crippen LogP) is 4.57. The quantitative estimate of drug-likeness (QED) is 0.640. The highest BCUT2D eigenvalue weighted by Crippen LogP contribution is 2.38. The Morgan fingerprint density at radius 2 is 1.23 bits per heavy atom. The molecule has 0 aliphatic carbocycles. The third-order valence-electron chi connectivity index (χ3n) is 6.23. The van der Waals surface area contributed by atoms with Crippen LogP contribution in [-0.2, 0) is 0 Å². The fourth-order valence-corrected chi connectivity index (χ4v) is 4.85. The monoisotopic (exact) mass is 400 g/mol. The number of nitrogens with zero attached hydrogens (tertiary/aromatic N) is 6. The van der Waals surface area contributed by atoms with E-state index in [2.05, 4.69) is 76.1 Å². The van der Waals surface area contributed by atoms with Crippen LogP contribution >= 0.6 is 0 Å². The molecule has 0 radical (unpaired) electrons. The van der Waals surface area contributed by atoms with E-state index in [0.29, 0.717) is 0 Å². The molecule has 154 valence electrons. The number of anilines is 2. The van der Waals surface area contributed by atoms with Gasteiger partial charge >= 0.3 is 0 Å². The number of rotatable bonds is 4. The van der Waals surface area contributed by atoms with Crippen LogP contribution in [0.1, 0.15) is 60.5 Å². The van der Waals surface area contributed by atoms with Gasteiger partial charge in [-0.25, -0.2) is 9.97 Å². The molecule has 0 saturated carbocycles. The summed E-state index contributed by atoms with van der Waals surface area (Å²) in [5, 5.41) is 0. The van der Waals surface area contributed by atoms with Gasteiger partial charge in [0.2, 0.25) is 0 Å². The molecule has 2 aliphatic heterocycles. The van der Waals surface area contributed by atoms with Crippen LogP contribution in [0.25, 0.3) is 0 Å². The van der Waals surface area contributed by atoms with Crippen LogP contribution in [0.4, 0.5) is 11.6 Å². The number of hydrogen-bond donors (Lipinski definition) is 0. The number of aromatic nitrogens is 4. The van der Waals surface area contributed by atoms with E-state index in [1.54, 1.807) is 6.33 Å². The summed E-state index contributed by atoms with van der Waals surface area (Å²) in [4.78, 5) is 23.7. The fourth-order valence-electron chi connectivity index (χ4n) is 4.85. The van der Waals surface area contributed by atoms with Crippen molar-refractivity contribution in [2.75, 3.05) is 22.9 Å². The van der Waals surface area contributed by atoms with E-state index >= 15 is 0 Å². The zero-order valence-electron chi connectivity index (χ0n) is 17.7. The lowest BCUT2D eigenvalue weighted by Gasteiger charge is -2.29. The van der Waals surface area contributed by atoms with Crippen LogP contribution < -0.4 is 9.80 Å². The van der Waals surface area contributed by atoms with Gasteiger partial charge in [-0.3, -0.25) is 9.97 Å². The van der Waals surface area contributed by atoms with E-state index in [1.165, 1.54) is 0 Å². The average Bonchev–Trinajstić information content (AvgIpc) is 3.44. The maximum atomic E-state index is 4.79. The summed E-state index contributed by atoms with van der Waals surface area (Å²) in [5.41, 5.74) is 4.40. The van der Waals surface area contributed by atoms with E-state index in [-0.39, 0.29) is 12.1 Å². The van der Waals surface area contributed by atoms with Gasteiger partial charge in [-0.15, -0.1) is 0 Å². The van der Waals surface area contributed by atoms with Crippen LogP contribution in [0.2, 0.25) is 0 Å². The molecule has 30 heavy (non-hydrogen) atoms. The smallest absolute Gasteiger partial charge is 0.134 e. The molecule has 0 amide bonds. The second kappa shape index (κ2) is 8.01. The summed E-state index contributed by atoms with van der Waals surface area (Å²) in [5.74, 6) is 1.99. The van der Waals surface area contributed by atoms with Crippen molar-refractivity contribution >= 4 is 11.6 Å². The van der Waals surface area contributed by atoms with Gasteiger partial charge < -0.3 is 9.80 Å². The number of aryl methyl sites for hydroxylation is 2. The van der Waals surface area contributed by atoms with Crippen molar-refractivity contribution < 1.29 is 0 Å². The Labute approximate surface area is 178 Å². The first-order chi connectivity index (χ1) is 14.7. The van der Waals surface area contributed by atoms with Crippen LogP contribution in [0, 0.1) is 13.8 Å². The standard InChI is InChI=1S/C24H28N6/c1-17-7-3-9-19(27-17)21-11-5-13-29(21)23-15-24(26-16-25-23)30-14-6-12-22(30)20-10-4-8-18(2)28-20/h3-4,7-10,15-16,21-22H,5-6,11-14H2,1-2H3. The van der Waals surface area contributed by atoms with Crippen LogP contribution in [0.5, 0.6) is 0 Å². The third kappa shape index (κ3) is 3.62. The average molecular weight is 401 g/mol. The van der Waals surface area contributed by atoms with Crippen LogP contribution in [0.15, 0.2) is 48.8 Å². The summed E-state index contributed by atoms with van der Waals surface area (Å²) in [7, 11) is 0. The Morgan fingerprint density at radius 1 is 0.733 bits per heavy atom. The largest absolute Gasteiger partial charge is 0.348 e. The normalized spacial score (nSPS) is 21.4. The first kappa shape index (κ1) is 19.0. The van der Waals surface area contributed by atoms with E-state index < -0.39 is 0 Å². The highest BCUT2D eigenvalue weighted by molar-refractivity contribution is 5.53. The minimum Gasteiger partial charge on any atom is -0.348 e. The molecule has 3 aromatic rings. The first-order valence-corrected chi connectivity index (χ1v) is 10.9. The van der Waals surface area contributed by atoms with E-state index in [4.69, 9.17) is 9.97 Å². The predicted molar refractivity (Wildman–Crippen MR) is 119 cm³/mol. The van der Waals surface area contributed by atoms with Crippen molar-refractivity contribution in [2.24, 2.45) is 0 Å². The molecule has 2 saturated heterocycles. The summed E-state index contributed by atoms with van der Waals surface area (Å²) >= 11 is 0. The highest BCUT2D eigenvalue weighted by Gasteiger charge is 2.31. The van der Waals surface area contributed by atoms with E-state index in [1.807, 2.05) is 0 Å². The van der Waals surface area contributed by atoms with Gasteiger partial charge in [0, 0.05) is 30.5 Å². The molecule has 0 bridgehead atoms. The summed E-state index contributed by atoms with van der Waals surface area (Å²) in [6.07, 6.45) is 6.23. The maximum absolute atomic E-state index is 4.79. The van der Waals surface area contributed by atoms with E-state index in [9.17, 15) is 0 Å². The van der Waals surface area contributed by atoms with E-state index in [0.717, 1.165) is 73.2 Å². The van der Waals surface area contributed by atoms with Crippen molar-refractivity contribution in [3.63, 3.8) is 0 Å². The highest BCUT2D eigenvalue weighted by atomic mass is 15.3. The van der Waals surface area contributed by atoms with Gasteiger partial charge in [-0.05, 0) is 63.8 Å². The maximum Gasteiger partial charge on any atom is 0.134 e. The molecule has 2 aliphatic rings. The van der Waals surface area contributed by atoms with Crippen molar-refractivity contribution in [1.82, 2.24) is 19.9 Å². The lowest BCUT2D eigenvalue weighted by Crippen LogP contribution is -2.27. The minimum atomic E-state index is 0.278. The zero-order chi connectivity index (χ0) is 20.5. The molecule has 5 heterocycles. The van der Waals surface area contributed by atoms with Gasteiger partial charge in [-0.1, -0.05) is 12.1 Å². The Hall–Kier alpha value is -3.02. The minimum absolute atomic E-state index is 0.278. The number of hydrogen-bond acceptors (Lipinski definition) is 6. The summed E-state index contributed by atoms with van der Waals surface area (Å²) in [6, 6.07) is 15.3. The Morgan fingerprint density at radius 3 is 1.70 bits per heavy atom. The van der Waals surface area contributed by atoms with Gasteiger partial charge in [0.1, 0.15) is 18.0 Å². The molecule has 6 heteroatoms. The molecule has 2 atom stereocenters. The topological polar surface area (TPSA) is 58.0 Å². The summed E-state index contributed by atoms with van der Waals surface area (Å²) in [6.45, 7) is 6.11. The molecule has 6 nitrogen and oxygen atoms in total. The molecular formula is C24H28N6. The SMILES string of the molecule is Cc1cccc(C2CCCN2c2cc(N3CCCC3c3cccc(C)n3)ncn2)n1. The van der Waals surface area contributed by atoms with Gasteiger partial charge in [-0.2, -0.15) is 0 Å². The molecule has 0 spiro atoms. The van der Waals surface area contributed by atoms with Crippen LogP contribution in [-0.4, -0.2) is 33.0 Å². The second-order valence-corrected chi connectivity index (χ2v) is 8.34. The van der Waals surface area contributed by atoms with Crippen LogP contribution in [0.3, 0.4) is 0 Å². The Bertz CT molecular complexity index is 957. The fraction of sp³-hybridized carbons (Fsp3) is 0.417. The molecule has 3 aromatic heterocycles. The number of pyridine rings is 2. The molecule has 5 rings (SSSR count). The van der Waals surface area contributed by atoms with Gasteiger partial charge in [0.15, 0.2) is 0 Å². The lowest BCUT2D eigenvalue weighted by atomic mass is 10.1. The zero-order valence-corrected chi connectivity index (χ0v) is 17.7. The van der Waals surface area contributed by atoms with Crippen molar-refractivity contribution in [1.29, 1.82) is 0 Å².